The molecule has 1 saturated heterocycles. The molecular weight excluding hydrogens is 646 g/mol. The molecule has 4 heterocycles. The monoisotopic (exact) mass is 682 g/mol. The number of carboxylic acid groups (broad SMARTS) is 1. The van der Waals surface area contributed by atoms with E-state index >= 15 is 0 Å². The normalized spacial score (nSPS) is 16.8. The molecule has 0 unspecified atom stereocenters. The van der Waals surface area contributed by atoms with Crippen LogP contribution in [0.2, 0.25) is 0 Å². The standard InChI is InChI=1S/C29H36N4O2S3.C2HF3O2/c1-29(2,3)22-11-13-32(14-12-22)19-23-17-30-28(37-23)24-16-21-6-4-7-25(27(21)31-24)33(18-20-9-10-20)38(34,35)26-8-5-15-36-26;3-2(4,5)1(6)7/h4-8,15-17,20,22,31H,9-14,18-19H2,1-3H3;(H,6,7). The molecule has 244 valence electrons. The Labute approximate surface area is 269 Å². The number of aromatic nitrogens is 2. The molecule has 0 radical (unpaired) electrons. The summed E-state index contributed by atoms with van der Waals surface area (Å²) in [5.74, 6) is -1.55. The van der Waals surface area contributed by atoms with E-state index in [4.69, 9.17) is 14.9 Å². The third-order valence-corrected chi connectivity index (χ3v) is 12.4. The minimum atomic E-state index is -5.08. The molecule has 2 fully saturated rings. The van der Waals surface area contributed by atoms with E-state index in [2.05, 4.69) is 36.7 Å². The van der Waals surface area contributed by atoms with Gasteiger partial charge in [0, 0.05) is 29.5 Å². The second-order valence-electron chi connectivity index (χ2n) is 12.7. The van der Waals surface area contributed by atoms with Crippen molar-refractivity contribution < 1.29 is 31.5 Å². The molecule has 1 saturated carbocycles. The van der Waals surface area contributed by atoms with Crippen LogP contribution in [0.25, 0.3) is 21.6 Å². The number of aromatic amines is 1. The van der Waals surface area contributed by atoms with Gasteiger partial charge in [0.05, 0.1) is 16.9 Å². The zero-order chi connectivity index (χ0) is 32.6. The number of halogens is 3. The van der Waals surface area contributed by atoms with Crippen LogP contribution in [0.4, 0.5) is 18.9 Å². The van der Waals surface area contributed by atoms with E-state index in [1.165, 1.54) is 29.1 Å². The van der Waals surface area contributed by atoms with Gasteiger partial charge in [0.25, 0.3) is 10.0 Å². The van der Waals surface area contributed by atoms with E-state index in [0.717, 1.165) is 60.0 Å². The molecule has 2 aliphatic rings. The maximum absolute atomic E-state index is 13.7. The molecule has 0 bridgehead atoms. The van der Waals surface area contributed by atoms with Crippen LogP contribution in [0.5, 0.6) is 0 Å². The van der Waals surface area contributed by atoms with Gasteiger partial charge in [0.15, 0.2) is 0 Å². The van der Waals surface area contributed by atoms with Gasteiger partial charge in [-0.25, -0.2) is 18.2 Å². The number of H-pyrrole nitrogens is 1. The van der Waals surface area contributed by atoms with Crippen LogP contribution >= 0.6 is 22.7 Å². The zero-order valence-electron chi connectivity index (χ0n) is 25.3. The van der Waals surface area contributed by atoms with Crippen molar-refractivity contribution in [2.45, 2.75) is 63.4 Å². The number of hydrogen-bond acceptors (Lipinski definition) is 7. The fourth-order valence-corrected chi connectivity index (χ4v) is 9.11. The average molecular weight is 683 g/mol. The first-order valence-electron chi connectivity index (χ1n) is 14.8. The van der Waals surface area contributed by atoms with Crippen molar-refractivity contribution in [3.05, 3.63) is 52.9 Å². The molecule has 1 aromatic carbocycles. The number of rotatable bonds is 8. The largest absolute Gasteiger partial charge is 0.490 e. The van der Waals surface area contributed by atoms with Gasteiger partial charge in [-0.1, -0.05) is 39.0 Å². The quantitative estimate of drug-likeness (QED) is 0.196. The molecule has 0 atom stereocenters. The number of alkyl halides is 3. The Kier molecular flexibility index (Phi) is 9.69. The number of nitrogens with one attached hydrogen (secondary N) is 1. The molecule has 1 aliphatic carbocycles. The fourth-order valence-electron chi connectivity index (χ4n) is 5.53. The van der Waals surface area contributed by atoms with Gasteiger partial charge >= 0.3 is 12.1 Å². The number of anilines is 1. The third-order valence-electron chi connectivity index (χ3n) is 8.28. The van der Waals surface area contributed by atoms with Gasteiger partial charge in [-0.3, -0.25) is 9.21 Å². The van der Waals surface area contributed by atoms with E-state index in [1.807, 2.05) is 29.8 Å². The molecule has 45 heavy (non-hydrogen) atoms. The van der Waals surface area contributed by atoms with Crippen LogP contribution < -0.4 is 4.31 Å². The minimum absolute atomic E-state index is 0.384. The number of aliphatic carboxylic acids is 1. The van der Waals surface area contributed by atoms with Crippen LogP contribution in [-0.4, -0.2) is 60.2 Å². The number of carboxylic acids is 1. The molecule has 2 N–H and O–H groups in total. The van der Waals surface area contributed by atoms with E-state index in [9.17, 15) is 21.6 Å². The van der Waals surface area contributed by atoms with E-state index < -0.39 is 22.2 Å². The smallest absolute Gasteiger partial charge is 0.475 e. The summed E-state index contributed by atoms with van der Waals surface area (Å²) in [6, 6.07) is 11.5. The van der Waals surface area contributed by atoms with Crippen LogP contribution in [0.1, 0.15) is 51.3 Å². The summed E-state index contributed by atoms with van der Waals surface area (Å²) < 4.78 is 61.0. The highest BCUT2D eigenvalue weighted by atomic mass is 32.2. The molecule has 0 amide bonds. The summed E-state index contributed by atoms with van der Waals surface area (Å²) in [6.45, 7) is 10.8. The summed E-state index contributed by atoms with van der Waals surface area (Å²) >= 11 is 3.00. The third kappa shape index (κ3) is 8.08. The molecule has 14 heteroatoms. The van der Waals surface area contributed by atoms with E-state index in [0.29, 0.717) is 27.8 Å². The van der Waals surface area contributed by atoms with Gasteiger partial charge in [-0.05, 0) is 79.6 Å². The Morgan fingerprint density at radius 3 is 2.38 bits per heavy atom. The van der Waals surface area contributed by atoms with E-state index in [1.54, 1.807) is 27.8 Å². The molecule has 1 aliphatic heterocycles. The number of nitrogens with zero attached hydrogens (tertiary/aromatic N) is 3. The van der Waals surface area contributed by atoms with Gasteiger partial charge in [-0.2, -0.15) is 13.2 Å². The van der Waals surface area contributed by atoms with Crippen molar-refractivity contribution in [2.75, 3.05) is 23.9 Å². The Morgan fingerprint density at radius 1 is 1.11 bits per heavy atom. The first-order chi connectivity index (χ1) is 21.1. The Morgan fingerprint density at radius 2 is 1.80 bits per heavy atom. The number of hydrogen-bond donors (Lipinski definition) is 2. The Balaban J connectivity index is 0.000000515. The lowest BCUT2D eigenvalue weighted by Gasteiger charge is -2.38. The molecule has 4 aromatic rings. The number of thiazole rings is 1. The highest BCUT2D eigenvalue weighted by Gasteiger charge is 2.38. The second kappa shape index (κ2) is 13.0. The van der Waals surface area contributed by atoms with E-state index in [-0.39, 0.29) is 0 Å². The lowest BCUT2D eigenvalue weighted by atomic mass is 9.75. The van der Waals surface area contributed by atoms with Crippen molar-refractivity contribution >= 4 is 55.3 Å². The summed E-state index contributed by atoms with van der Waals surface area (Å²) in [5.41, 5.74) is 2.89. The minimum Gasteiger partial charge on any atom is -0.475 e. The van der Waals surface area contributed by atoms with Crippen molar-refractivity contribution in [1.82, 2.24) is 14.9 Å². The molecule has 6 rings (SSSR count). The number of sulfonamides is 1. The molecule has 8 nitrogen and oxygen atoms in total. The summed E-state index contributed by atoms with van der Waals surface area (Å²) in [7, 11) is -3.63. The number of thiophene rings is 1. The summed E-state index contributed by atoms with van der Waals surface area (Å²) in [6.07, 6.45) is 1.59. The van der Waals surface area contributed by atoms with Crippen molar-refractivity contribution in [3.63, 3.8) is 0 Å². The Hall–Kier alpha value is -2.94. The highest BCUT2D eigenvalue weighted by molar-refractivity contribution is 7.94. The zero-order valence-corrected chi connectivity index (χ0v) is 27.8. The van der Waals surface area contributed by atoms with Crippen LogP contribution in [0.15, 0.2) is 52.2 Å². The number of benzene rings is 1. The summed E-state index contributed by atoms with van der Waals surface area (Å²) in [4.78, 5) is 21.0. The first-order valence-corrected chi connectivity index (χ1v) is 17.9. The number of fused-ring (bicyclic) bond motifs is 1. The first kappa shape index (κ1) is 33.4. The van der Waals surface area contributed by atoms with Crippen molar-refractivity contribution in [1.29, 1.82) is 0 Å². The number of piperidine rings is 1. The average Bonchev–Trinajstić information content (AvgIpc) is 3.35. The Bertz CT molecular complexity index is 1710. The predicted molar refractivity (Wildman–Crippen MR) is 172 cm³/mol. The van der Waals surface area contributed by atoms with Gasteiger partial charge in [-0.15, -0.1) is 22.7 Å². The fraction of sp³-hybridized carbons (Fsp3) is 0.484. The van der Waals surface area contributed by atoms with Crippen molar-refractivity contribution in [3.8, 4) is 10.7 Å². The number of para-hydroxylation sites is 1. The summed E-state index contributed by atoms with van der Waals surface area (Å²) in [5, 5.41) is 10.9. The maximum atomic E-state index is 13.7. The SMILES string of the molecule is CC(C)(C)C1CCN(Cc2cnc(-c3cc4cccc(N(CC5CC5)S(=O)(=O)c5cccs5)c4[nH]3)s2)CC1.O=C(O)C(F)(F)F. The van der Waals surface area contributed by atoms with Crippen LogP contribution in [0, 0.1) is 17.3 Å². The van der Waals surface area contributed by atoms with Crippen LogP contribution in [0.3, 0.4) is 0 Å². The maximum Gasteiger partial charge on any atom is 0.490 e. The second-order valence-corrected chi connectivity index (χ2v) is 16.8. The molecular formula is C31H37F3N4O4S3. The topological polar surface area (TPSA) is 107 Å². The van der Waals surface area contributed by atoms with Crippen molar-refractivity contribution in [2.24, 2.45) is 17.3 Å². The lowest BCUT2D eigenvalue weighted by Crippen LogP contribution is -2.37. The lowest BCUT2D eigenvalue weighted by molar-refractivity contribution is -0.192. The molecule has 3 aromatic heterocycles. The van der Waals surface area contributed by atoms with Gasteiger partial charge in [0.1, 0.15) is 9.22 Å². The number of likely N-dealkylation sites (tertiary alicyclic amines) is 1. The highest BCUT2D eigenvalue weighted by Crippen LogP contribution is 2.39. The van der Waals surface area contributed by atoms with Gasteiger partial charge in [0.2, 0.25) is 0 Å². The van der Waals surface area contributed by atoms with Gasteiger partial charge < -0.3 is 10.1 Å². The number of carbonyl (C=O) groups is 1. The predicted octanol–water partition coefficient (Wildman–Crippen LogP) is 7.85. The molecule has 0 spiro atoms. The van der Waals surface area contributed by atoms with Crippen LogP contribution in [-0.2, 0) is 21.4 Å².